The number of benzene rings is 1. The number of nitrogens with one attached hydrogen (secondary N) is 2. The highest BCUT2D eigenvalue weighted by Crippen LogP contribution is 2.22. The van der Waals surface area contributed by atoms with Gasteiger partial charge in [-0.3, -0.25) is 0 Å². The average molecular weight is 273 g/mol. The number of aliphatic hydroxyl groups is 1. The summed E-state index contributed by atoms with van der Waals surface area (Å²) in [7, 11) is 0. The van der Waals surface area contributed by atoms with Gasteiger partial charge in [-0.05, 0) is 24.6 Å². The molecule has 0 fully saturated rings. The van der Waals surface area contributed by atoms with Crippen molar-refractivity contribution in [2.45, 2.75) is 13.0 Å². The molecule has 1 rings (SSSR count). The maximum atomic E-state index is 11.4. The molecule has 0 aromatic heterocycles. The molecule has 1 atom stereocenters. The molecule has 0 heterocycles. The van der Waals surface area contributed by atoms with E-state index in [1.807, 2.05) is 6.92 Å². The third-order valence-corrected chi connectivity index (χ3v) is 2.43. The van der Waals surface area contributed by atoms with Crippen LogP contribution < -0.4 is 10.6 Å². The number of hydrogen-bond donors (Lipinski definition) is 4. The van der Waals surface area contributed by atoms with Gasteiger partial charge in [0, 0.05) is 0 Å². The smallest absolute Gasteiger partial charge is 0.334 e. The van der Waals surface area contributed by atoms with Crippen molar-refractivity contribution in [1.29, 1.82) is 0 Å². The van der Waals surface area contributed by atoms with Crippen LogP contribution in [0.5, 0.6) is 0 Å². The zero-order valence-corrected chi connectivity index (χ0v) is 10.4. The number of carbonyl (C=O) groups is 2. The Bertz CT molecular complexity index is 464. The van der Waals surface area contributed by atoms with E-state index >= 15 is 0 Å². The van der Waals surface area contributed by atoms with Crippen LogP contribution in [0.3, 0.4) is 0 Å². The van der Waals surface area contributed by atoms with Crippen LogP contribution in [0.2, 0.25) is 5.02 Å². The fourth-order valence-corrected chi connectivity index (χ4v) is 1.45. The summed E-state index contributed by atoms with van der Waals surface area (Å²) in [4.78, 5) is 21.7. The number of aliphatic hydroxyl groups excluding tert-OH is 1. The van der Waals surface area contributed by atoms with Gasteiger partial charge < -0.3 is 20.8 Å². The molecule has 2 amide bonds. The number of anilines is 1. The summed E-state index contributed by atoms with van der Waals surface area (Å²) in [5.74, 6) is -1.40. The zero-order valence-electron chi connectivity index (χ0n) is 9.61. The first-order valence-corrected chi connectivity index (χ1v) is 5.50. The Morgan fingerprint density at radius 1 is 1.44 bits per heavy atom. The first-order valence-electron chi connectivity index (χ1n) is 5.12. The van der Waals surface area contributed by atoms with Gasteiger partial charge in [0.25, 0.3) is 0 Å². The number of carbonyl (C=O) groups excluding carboxylic acids is 1. The second-order valence-electron chi connectivity index (χ2n) is 3.67. The molecule has 6 nitrogen and oxygen atoms in total. The first-order chi connectivity index (χ1) is 8.40. The van der Waals surface area contributed by atoms with E-state index in [1.54, 1.807) is 18.2 Å². The SMILES string of the molecule is Cc1ccc(NC(=O)NCC(O)C(=O)O)c(Cl)c1. The fourth-order valence-electron chi connectivity index (χ4n) is 1.16. The molecule has 0 aliphatic rings. The van der Waals surface area contributed by atoms with Crippen molar-refractivity contribution in [3.8, 4) is 0 Å². The van der Waals surface area contributed by atoms with Crippen molar-refractivity contribution in [3.05, 3.63) is 28.8 Å². The number of carboxylic acids is 1. The zero-order chi connectivity index (χ0) is 13.7. The van der Waals surface area contributed by atoms with Gasteiger partial charge in [0.05, 0.1) is 17.3 Å². The average Bonchev–Trinajstić information content (AvgIpc) is 2.29. The number of carboxylic acid groups (broad SMARTS) is 1. The summed E-state index contributed by atoms with van der Waals surface area (Å²) >= 11 is 5.90. The number of amides is 2. The molecule has 0 spiro atoms. The summed E-state index contributed by atoms with van der Waals surface area (Å²) in [5, 5.41) is 22.4. The fraction of sp³-hybridized carbons (Fsp3) is 0.273. The van der Waals surface area contributed by atoms with Gasteiger partial charge in [-0.25, -0.2) is 9.59 Å². The van der Waals surface area contributed by atoms with E-state index in [9.17, 15) is 9.59 Å². The standard InChI is InChI=1S/C11H13ClN2O4/c1-6-2-3-8(7(12)4-6)14-11(18)13-5-9(15)10(16)17/h2-4,9,15H,5H2,1H3,(H,16,17)(H2,13,14,18). The number of halogens is 1. The van der Waals surface area contributed by atoms with Gasteiger partial charge in [0.2, 0.25) is 0 Å². The van der Waals surface area contributed by atoms with Crippen molar-refractivity contribution in [1.82, 2.24) is 5.32 Å². The van der Waals surface area contributed by atoms with Crippen LogP contribution in [-0.4, -0.2) is 34.9 Å². The lowest BCUT2D eigenvalue weighted by atomic mass is 10.2. The normalized spacial score (nSPS) is 11.7. The molecule has 1 aromatic carbocycles. The third kappa shape index (κ3) is 4.23. The third-order valence-electron chi connectivity index (χ3n) is 2.11. The van der Waals surface area contributed by atoms with Crippen molar-refractivity contribution < 1.29 is 19.8 Å². The molecule has 0 saturated heterocycles. The predicted molar refractivity (Wildman–Crippen MR) is 66.9 cm³/mol. The quantitative estimate of drug-likeness (QED) is 0.662. The molecular weight excluding hydrogens is 260 g/mol. The van der Waals surface area contributed by atoms with E-state index in [2.05, 4.69) is 10.6 Å². The second kappa shape index (κ2) is 6.23. The van der Waals surface area contributed by atoms with Crippen LogP contribution in [0.1, 0.15) is 5.56 Å². The van der Waals surface area contributed by atoms with Crippen LogP contribution >= 0.6 is 11.6 Å². The van der Waals surface area contributed by atoms with Gasteiger partial charge in [0.1, 0.15) is 0 Å². The van der Waals surface area contributed by atoms with Crippen LogP contribution in [0.4, 0.5) is 10.5 Å². The highest BCUT2D eigenvalue weighted by molar-refractivity contribution is 6.33. The number of urea groups is 1. The molecule has 18 heavy (non-hydrogen) atoms. The lowest BCUT2D eigenvalue weighted by Gasteiger charge is -2.10. The Morgan fingerprint density at radius 3 is 2.67 bits per heavy atom. The summed E-state index contributed by atoms with van der Waals surface area (Å²) < 4.78 is 0. The van der Waals surface area contributed by atoms with E-state index in [-0.39, 0.29) is 6.54 Å². The monoisotopic (exact) mass is 272 g/mol. The maximum absolute atomic E-state index is 11.4. The number of aryl methyl sites for hydroxylation is 1. The molecule has 0 bridgehead atoms. The largest absolute Gasteiger partial charge is 0.479 e. The molecule has 0 radical (unpaired) electrons. The molecule has 7 heteroatoms. The lowest BCUT2D eigenvalue weighted by molar-refractivity contribution is -0.146. The Balaban J connectivity index is 2.52. The highest BCUT2D eigenvalue weighted by Gasteiger charge is 2.14. The van der Waals surface area contributed by atoms with Gasteiger partial charge in [-0.2, -0.15) is 0 Å². The number of hydrogen-bond acceptors (Lipinski definition) is 3. The van der Waals surface area contributed by atoms with Gasteiger partial charge in [-0.15, -0.1) is 0 Å². The van der Waals surface area contributed by atoms with E-state index in [4.69, 9.17) is 21.8 Å². The topological polar surface area (TPSA) is 98.7 Å². The summed E-state index contributed by atoms with van der Waals surface area (Å²) in [6.07, 6.45) is -1.63. The molecule has 98 valence electrons. The van der Waals surface area contributed by atoms with Crippen molar-refractivity contribution in [2.75, 3.05) is 11.9 Å². The highest BCUT2D eigenvalue weighted by atomic mass is 35.5. The molecule has 1 unspecified atom stereocenters. The van der Waals surface area contributed by atoms with Crippen molar-refractivity contribution in [2.24, 2.45) is 0 Å². The second-order valence-corrected chi connectivity index (χ2v) is 4.08. The number of aliphatic carboxylic acids is 1. The Kier molecular flexibility index (Phi) is 4.94. The van der Waals surface area contributed by atoms with Gasteiger partial charge >= 0.3 is 12.0 Å². The minimum absolute atomic E-state index is 0.379. The van der Waals surface area contributed by atoms with Crippen molar-refractivity contribution >= 4 is 29.3 Å². The minimum Gasteiger partial charge on any atom is -0.479 e. The van der Waals surface area contributed by atoms with Crippen molar-refractivity contribution in [3.63, 3.8) is 0 Å². The molecular formula is C11H13ClN2O4. The Hall–Kier alpha value is -1.79. The first kappa shape index (κ1) is 14.3. The van der Waals surface area contributed by atoms with Crippen LogP contribution in [-0.2, 0) is 4.79 Å². The maximum Gasteiger partial charge on any atom is 0.334 e. The van der Waals surface area contributed by atoms with Crippen LogP contribution in [0, 0.1) is 6.92 Å². The van der Waals surface area contributed by atoms with Crippen LogP contribution in [0.15, 0.2) is 18.2 Å². The van der Waals surface area contributed by atoms with E-state index in [1.165, 1.54) is 0 Å². The van der Waals surface area contributed by atoms with Gasteiger partial charge in [-0.1, -0.05) is 17.7 Å². The predicted octanol–water partition coefficient (Wildman–Crippen LogP) is 1.22. The summed E-state index contributed by atoms with van der Waals surface area (Å²) in [6.45, 7) is 1.48. The molecule has 0 saturated carbocycles. The molecule has 0 aliphatic carbocycles. The molecule has 0 aliphatic heterocycles. The Morgan fingerprint density at radius 2 is 2.11 bits per heavy atom. The summed E-state index contributed by atoms with van der Waals surface area (Å²) in [6, 6.07) is 4.45. The van der Waals surface area contributed by atoms with Crippen LogP contribution in [0.25, 0.3) is 0 Å². The molecule has 1 aromatic rings. The summed E-state index contributed by atoms with van der Waals surface area (Å²) in [5.41, 5.74) is 1.36. The molecule has 4 N–H and O–H groups in total. The minimum atomic E-state index is -1.63. The van der Waals surface area contributed by atoms with E-state index < -0.39 is 18.1 Å². The van der Waals surface area contributed by atoms with Gasteiger partial charge in [0.15, 0.2) is 6.10 Å². The Labute approximate surface area is 109 Å². The van der Waals surface area contributed by atoms with E-state index in [0.717, 1.165) is 5.56 Å². The lowest BCUT2D eigenvalue weighted by Crippen LogP contribution is -2.38. The van der Waals surface area contributed by atoms with E-state index in [0.29, 0.717) is 10.7 Å². The number of rotatable bonds is 4.